The number of anilines is 2. The maximum absolute atomic E-state index is 12.5. The Morgan fingerprint density at radius 2 is 1.97 bits per heavy atom. The van der Waals surface area contributed by atoms with Crippen LogP contribution in [-0.2, 0) is 16.1 Å². The lowest BCUT2D eigenvalue weighted by molar-refractivity contribution is -0.123. The Morgan fingerprint density at radius 3 is 2.69 bits per heavy atom. The summed E-state index contributed by atoms with van der Waals surface area (Å²) in [6, 6.07) is 15.4. The summed E-state index contributed by atoms with van der Waals surface area (Å²) in [7, 11) is 1.70. The lowest BCUT2D eigenvalue weighted by atomic mass is 10.1. The molecule has 0 spiro atoms. The molecule has 0 radical (unpaired) electrons. The van der Waals surface area contributed by atoms with Crippen molar-refractivity contribution in [3.63, 3.8) is 0 Å². The smallest absolute Gasteiger partial charge is 0.255 e. The molecule has 4 N–H and O–H groups in total. The van der Waals surface area contributed by atoms with Crippen LogP contribution in [0.3, 0.4) is 0 Å². The number of H-pyrrole nitrogens is 1. The lowest BCUT2D eigenvalue weighted by Crippen LogP contribution is -2.30. The summed E-state index contributed by atoms with van der Waals surface area (Å²) in [5.74, 6) is 0.00438. The van der Waals surface area contributed by atoms with E-state index in [-0.39, 0.29) is 24.5 Å². The Hall–Kier alpha value is -3.32. The van der Waals surface area contributed by atoms with Crippen LogP contribution < -0.4 is 16.0 Å². The Balaban J connectivity index is 1.44. The first kappa shape index (κ1) is 19.0. The fourth-order valence-electron chi connectivity index (χ4n) is 3.22. The number of hydrogen-bond donors (Lipinski definition) is 3. The molecule has 0 aliphatic heterocycles. The van der Waals surface area contributed by atoms with Gasteiger partial charge in [0.25, 0.3) is 11.8 Å². The summed E-state index contributed by atoms with van der Waals surface area (Å²) in [6.07, 6.45) is 2.02. The summed E-state index contributed by atoms with van der Waals surface area (Å²) in [5, 5.41) is 3.70. The fourth-order valence-corrected chi connectivity index (χ4v) is 3.22. The minimum Gasteiger partial charge on any atom is -0.385 e. The van der Waals surface area contributed by atoms with E-state index in [4.69, 9.17) is 10.5 Å². The van der Waals surface area contributed by atoms with Crippen LogP contribution in [0.2, 0.25) is 0 Å². The highest BCUT2D eigenvalue weighted by Gasteiger charge is 2.26. The van der Waals surface area contributed by atoms with Gasteiger partial charge in [-0.1, -0.05) is 30.3 Å². The average Bonchev–Trinajstić information content (AvgIpc) is 3.46. The van der Waals surface area contributed by atoms with E-state index in [1.807, 2.05) is 42.5 Å². The van der Waals surface area contributed by atoms with Crippen LogP contribution >= 0.6 is 0 Å². The van der Waals surface area contributed by atoms with Crippen molar-refractivity contribution in [1.29, 1.82) is 0 Å². The Morgan fingerprint density at radius 1 is 1.21 bits per heavy atom. The highest BCUT2D eigenvalue weighted by atomic mass is 16.5. The average molecular weight is 392 g/mol. The second-order valence-corrected chi connectivity index (χ2v) is 7.32. The standard InChI is InChI=1S/C22H24N4O3/c1-26(19(27)13-29-12-14-5-3-2-4-6-14)16-9-10-17-18(11-16)25-21(23)20(17)22(28)24-15-7-8-15/h2-6,9-11,15,25H,7-8,12-13,23H2,1H3,(H,24,28). The second-order valence-electron chi connectivity index (χ2n) is 7.32. The number of carbonyl (C=O) groups excluding carboxylic acids is 2. The first-order valence-electron chi connectivity index (χ1n) is 9.63. The molecule has 7 heteroatoms. The monoisotopic (exact) mass is 392 g/mol. The number of hydrogen-bond acceptors (Lipinski definition) is 4. The lowest BCUT2D eigenvalue weighted by Gasteiger charge is -2.17. The molecule has 1 saturated carbocycles. The van der Waals surface area contributed by atoms with Gasteiger partial charge in [0.2, 0.25) is 0 Å². The number of nitrogens with one attached hydrogen (secondary N) is 2. The molecule has 0 bridgehead atoms. The Kier molecular flexibility index (Phi) is 5.22. The highest BCUT2D eigenvalue weighted by molar-refractivity contribution is 6.12. The highest BCUT2D eigenvalue weighted by Crippen LogP contribution is 2.29. The van der Waals surface area contributed by atoms with Gasteiger partial charge in [0.05, 0.1) is 12.2 Å². The number of benzene rings is 2. The van der Waals surface area contributed by atoms with Gasteiger partial charge in [-0.25, -0.2) is 0 Å². The zero-order valence-electron chi connectivity index (χ0n) is 16.3. The van der Waals surface area contributed by atoms with Crippen LogP contribution in [0, 0.1) is 0 Å². The molecule has 3 aromatic rings. The molecule has 0 saturated heterocycles. The van der Waals surface area contributed by atoms with Crippen molar-refractivity contribution in [2.45, 2.75) is 25.5 Å². The predicted molar refractivity (Wildman–Crippen MR) is 113 cm³/mol. The molecular weight excluding hydrogens is 368 g/mol. The molecule has 1 aliphatic rings. The number of likely N-dealkylation sites (N-methyl/N-ethyl adjacent to an activating group) is 1. The third-order valence-corrected chi connectivity index (χ3v) is 5.05. The molecule has 0 unspecified atom stereocenters. The van der Waals surface area contributed by atoms with Crippen LogP contribution in [0.4, 0.5) is 11.5 Å². The molecule has 2 aromatic carbocycles. The van der Waals surface area contributed by atoms with Gasteiger partial charge in [0.1, 0.15) is 12.4 Å². The summed E-state index contributed by atoms with van der Waals surface area (Å²) in [6.45, 7) is 0.359. The van der Waals surface area contributed by atoms with Crippen LogP contribution in [0.15, 0.2) is 48.5 Å². The Bertz CT molecular complexity index is 1040. The minimum atomic E-state index is -0.164. The van der Waals surface area contributed by atoms with Gasteiger partial charge in [-0.3, -0.25) is 9.59 Å². The largest absolute Gasteiger partial charge is 0.385 e. The third-order valence-electron chi connectivity index (χ3n) is 5.05. The van der Waals surface area contributed by atoms with Gasteiger partial charge >= 0.3 is 0 Å². The van der Waals surface area contributed by atoms with Crippen molar-refractivity contribution < 1.29 is 14.3 Å². The van der Waals surface area contributed by atoms with Crippen molar-refractivity contribution in [2.24, 2.45) is 0 Å². The van der Waals surface area contributed by atoms with E-state index in [2.05, 4.69) is 10.3 Å². The molecule has 0 atom stereocenters. The molecule has 1 aliphatic carbocycles. The van der Waals surface area contributed by atoms with Gasteiger partial charge in [-0.2, -0.15) is 0 Å². The summed E-state index contributed by atoms with van der Waals surface area (Å²) in [4.78, 5) is 29.5. The van der Waals surface area contributed by atoms with Crippen LogP contribution in [0.25, 0.3) is 10.9 Å². The number of amides is 2. The number of nitrogen functional groups attached to an aromatic ring is 1. The minimum absolute atomic E-state index is 0.0225. The summed E-state index contributed by atoms with van der Waals surface area (Å²) in [5.41, 5.74) is 8.92. The molecule has 1 heterocycles. The van der Waals surface area contributed by atoms with Gasteiger partial charge in [-0.05, 0) is 36.6 Å². The fraction of sp³-hybridized carbons (Fsp3) is 0.273. The van der Waals surface area contributed by atoms with Crippen molar-refractivity contribution in [1.82, 2.24) is 10.3 Å². The van der Waals surface area contributed by atoms with E-state index in [0.29, 0.717) is 29.2 Å². The van der Waals surface area contributed by atoms with Gasteiger partial charge < -0.3 is 25.7 Å². The maximum atomic E-state index is 12.5. The van der Waals surface area contributed by atoms with E-state index in [9.17, 15) is 9.59 Å². The van der Waals surface area contributed by atoms with Gasteiger partial charge in [0, 0.05) is 29.7 Å². The first-order chi connectivity index (χ1) is 14.0. The van der Waals surface area contributed by atoms with Gasteiger partial charge in [-0.15, -0.1) is 0 Å². The summed E-state index contributed by atoms with van der Waals surface area (Å²) < 4.78 is 5.54. The summed E-state index contributed by atoms with van der Waals surface area (Å²) >= 11 is 0. The topological polar surface area (TPSA) is 100 Å². The van der Waals surface area contributed by atoms with Crippen molar-refractivity contribution in [3.05, 3.63) is 59.7 Å². The van der Waals surface area contributed by atoms with Crippen molar-refractivity contribution >= 4 is 34.2 Å². The molecule has 7 nitrogen and oxygen atoms in total. The van der Waals surface area contributed by atoms with Crippen LogP contribution in [-0.4, -0.2) is 36.5 Å². The predicted octanol–water partition coefficient (Wildman–Crippen LogP) is 2.82. The molecule has 150 valence electrons. The number of fused-ring (bicyclic) bond motifs is 1. The van der Waals surface area contributed by atoms with E-state index >= 15 is 0 Å². The first-order valence-corrected chi connectivity index (χ1v) is 9.63. The van der Waals surface area contributed by atoms with E-state index in [0.717, 1.165) is 23.8 Å². The van der Waals surface area contributed by atoms with Crippen LogP contribution in [0.1, 0.15) is 28.8 Å². The Labute approximate surface area is 168 Å². The number of ether oxygens (including phenoxy) is 1. The maximum Gasteiger partial charge on any atom is 0.255 e. The number of nitrogens with zero attached hydrogens (tertiary/aromatic N) is 1. The number of nitrogens with two attached hydrogens (primary N) is 1. The third kappa shape index (κ3) is 4.25. The van der Waals surface area contributed by atoms with Crippen molar-refractivity contribution in [2.75, 3.05) is 24.3 Å². The molecule has 29 heavy (non-hydrogen) atoms. The van der Waals surface area contributed by atoms with E-state index in [1.54, 1.807) is 13.1 Å². The zero-order chi connectivity index (χ0) is 20.4. The second kappa shape index (κ2) is 7.97. The molecule has 1 aromatic heterocycles. The normalized spacial score (nSPS) is 13.4. The molecule has 1 fully saturated rings. The SMILES string of the molecule is CN(C(=O)COCc1ccccc1)c1ccc2c(C(=O)NC3CC3)c(N)[nH]c2c1. The van der Waals surface area contributed by atoms with E-state index < -0.39 is 0 Å². The molecule has 4 rings (SSSR count). The quantitative estimate of drug-likeness (QED) is 0.576. The number of aromatic amines is 1. The van der Waals surface area contributed by atoms with Crippen LogP contribution in [0.5, 0.6) is 0 Å². The number of aromatic nitrogens is 1. The molecule has 2 amide bonds. The number of carbonyl (C=O) groups is 2. The zero-order valence-corrected chi connectivity index (χ0v) is 16.3. The van der Waals surface area contributed by atoms with Gasteiger partial charge in [0.15, 0.2) is 0 Å². The number of rotatable bonds is 7. The van der Waals surface area contributed by atoms with E-state index in [1.165, 1.54) is 4.90 Å². The molecular formula is C22H24N4O3. The van der Waals surface area contributed by atoms with Crippen molar-refractivity contribution in [3.8, 4) is 0 Å².